The molecule has 2 N–H and O–H groups in total. The standard InChI is InChI=1S/C16H22N4O/c1-4-14-10-15(19(3)18-14)16(21)20(5-2)11-12-6-8-13(17)9-7-12/h6-10H,4-5,11,17H2,1-3H3. The van der Waals surface area contributed by atoms with Crippen LogP contribution < -0.4 is 5.73 Å². The lowest BCUT2D eigenvalue weighted by atomic mass is 10.2. The summed E-state index contributed by atoms with van der Waals surface area (Å²) < 4.78 is 1.66. The van der Waals surface area contributed by atoms with Gasteiger partial charge in [-0.2, -0.15) is 5.10 Å². The number of rotatable bonds is 5. The average Bonchev–Trinajstić information content (AvgIpc) is 2.87. The van der Waals surface area contributed by atoms with Gasteiger partial charge in [0.1, 0.15) is 5.69 Å². The molecule has 0 saturated carbocycles. The maximum Gasteiger partial charge on any atom is 0.272 e. The van der Waals surface area contributed by atoms with E-state index in [0.29, 0.717) is 18.8 Å². The minimum Gasteiger partial charge on any atom is -0.399 e. The normalized spacial score (nSPS) is 10.6. The van der Waals surface area contributed by atoms with Gasteiger partial charge in [-0.15, -0.1) is 0 Å². The second-order valence-corrected chi connectivity index (χ2v) is 5.06. The van der Waals surface area contributed by atoms with Crippen LogP contribution in [0.2, 0.25) is 0 Å². The highest BCUT2D eigenvalue weighted by molar-refractivity contribution is 5.92. The second-order valence-electron chi connectivity index (χ2n) is 5.06. The van der Waals surface area contributed by atoms with E-state index in [1.807, 2.05) is 56.1 Å². The first-order valence-corrected chi connectivity index (χ1v) is 7.21. The molecule has 0 spiro atoms. The number of anilines is 1. The van der Waals surface area contributed by atoms with Crippen molar-refractivity contribution in [3.05, 3.63) is 47.3 Å². The summed E-state index contributed by atoms with van der Waals surface area (Å²) in [6, 6.07) is 9.48. The van der Waals surface area contributed by atoms with Crippen LogP contribution in [0.1, 0.15) is 35.6 Å². The van der Waals surface area contributed by atoms with Gasteiger partial charge in [-0.25, -0.2) is 0 Å². The average molecular weight is 286 g/mol. The van der Waals surface area contributed by atoms with Crippen molar-refractivity contribution in [1.29, 1.82) is 0 Å². The Morgan fingerprint density at radius 1 is 1.29 bits per heavy atom. The van der Waals surface area contributed by atoms with Crippen molar-refractivity contribution in [2.45, 2.75) is 26.8 Å². The number of carbonyl (C=O) groups excluding carboxylic acids is 1. The van der Waals surface area contributed by atoms with Crippen LogP contribution in [0.15, 0.2) is 30.3 Å². The molecule has 5 heteroatoms. The number of aryl methyl sites for hydroxylation is 2. The third-order valence-electron chi connectivity index (χ3n) is 3.53. The summed E-state index contributed by atoms with van der Waals surface area (Å²) in [5.41, 5.74) is 9.05. The quantitative estimate of drug-likeness (QED) is 0.857. The van der Waals surface area contributed by atoms with Gasteiger partial charge in [-0.3, -0.25) is 9.48 Å². The van der Waals surface area contributed by atoms with E-state index in [1.54, 1.807) is 4.68 Å². The zero-order valence-corrected chi connectivity index (χ0v) is 12.8. The van der Waals surface area contributed by atoms with Crippen LogP contribution in [-0.4, -0.2) is 27.1 Å². The molecule has 0 unspecified atom stereocenters. The van der Waals surface area contributed by atoms with Gasteiger partial charge >= 0.3 is 0 Å². The number of nitrogens with zero attached hydrogens (tertiary/aromatic N) is 3. The Kier molecular flexibility index (Phi) is 4.62. The lowest BCUT2D eigenvalue weighted by Crippen LogP contribution is -2.31. The predicted molar refractivity (Wildman–Crippen MR) is 83.9 cm³/mol. The third kappa shape index (κ3) is 3.42. The maximum atomic E-state index is 12.6. The number of amides is 1. The van der Waals surface area contributed by atoms with Gasteiger partial charge in [-0.1, -0.05) is 19.1 Å². The number of hydrogen-bond donors (Lipinski definition) is 1. The summed E-state index contributed by atoms with van der Waals surface area (Å²) >= 11 is 0. The fraction of sp³-hybridized carbons (Fsp3) is 0.375. The molecule has 1 amide bonds. The first-order valence-electron chi connectivity index (χ1n) is 7.21. The molecule has 5 nitrogen and oxygen atoms in total. The number of nitrogen functional groups attached to an aromatic ring is 1. The van der Waals surface area contributed by atoms with Gasteiger partial charge in [0.2, 0.25) is 0 Å². The Morgan fingerprint density at radius 2 is 1.95 bits per heavy atom. The molecule has 0 radical (unpaired) electrons. The number of aromatic nitrogens is 2. The van der Waals surface area contributed by atoms with Gasteiger partial charge in [-0.05, 0) is 37.1 Å². The fourth-order valence-electron chi connectivity index (χ4n) is 2.23. The van der Waals surface area contributed by atoms with Gasteiger partial charge in [0.05, 0.1) is 5.69 Å². The molecule has 0 atom stereocenters. The monoisotopic (exact) mass is 286 g/mol. The van der Waals surface area contributed by atoms with E-state index in [-0.39, 0.29) is 5.91 Å². The summed E-state index contributed by atoms with van der Waals surface area (Å²) in [7, 11) is 1.81. The minimum absolute atomic E-state index is 0.00373. The van der Waals surface area contributed by atoms with Gasteiger partial charge in [0.15, 0.2) is 0 Å². The van der Waals surface area contributed by atoms with Crippen molar-refractivity contribution in [1.82, 2.24) is 14.7 Å². The van der Waals surface area contributed by atoms with E-state index in [1.165, 1.54) is 0 Å². The Hall–Kier alpha value is -2.30. The van der Waals surface area contributed by atoms with Crippen LogP contribution in [0.25, 0.3) is 0 Å². The lowest BCUT2D eigenvalue weighted by molar-refractivity contribution is 0.0741. The molecule has 0 aliphatic rings. The summed E-state index contributed by atoms with van der Waals surface area (Å²) in [6.45, 7) is 5.23. The SMILES string of the molecule is CCc1cc(C(=O)N(CC)Cc2ccc(N)cc2)n(C)n1. The van der Waals surface area contributed by atoms with E-state index < -0.39 is 0 Å². The largest absolute Gasteiger partial charge is 0.399 e. The van der Waals surface area contributed by atoms with E-state index in [0.717, 1.165) is 23.4 Å². The van der Waals surface area contributed by atoms with E-state index in [2.05, 4.69) is 5.10 Å². The second kappa shape index (κ2) is 6.43. The zero-order valence-electron chi connectivity index (χ0n) is 12.8. The van der Waals surface area contributed by atoms with Gasteiger partial charge in [0, 0.05) is 25.8 Å². The summed E-state index contributed by atoms with van der Waals surface area (Å²) in [5, 5.41) is 4.34. The van der Waals surface area contributed by atoms with E-state index in [9.17, 15) is 4.79 Å². The van der Waals surface area contributed by atoms with Crippen molar-refractivity contribution < 1.29 is 4.79 Å². The fourth-order valence-corrected chi connectivity index (χ4v) is 2.23. The maximum absolute atomic E-state index is 12.6. The van der Waals surface area contributed by atoms with Crippen molar-refractivity contribution in [3.8, 4) is 0 Å². The number of hydrogen-bond acceptors (Lipinski definition) is 3. The molecule has 0 saturated heterocycles. The van der Waals surface area contributed by atoms with Crippen molar-refractivity contribution in [3.63, 3.8) is 0 Å². The lowest BCUT2D eigenvalue weighted by Gasteiger charge is -2.21. The molecule has 1 aromatic carbocycles. The number of carbonyl (C=O) groups is 1. The molecular formula is C16H22N4O. The Balaban J connectivity index is 2.18. The third-order valence-corrected chi connectivity index (χ3v) is 3.53. The highest BCUT2D eigenvalue weighted by atomic mass is 16.2. The number of nitrogens with two attached hydrogens (primary N) is 1. The van der Waals surface area contributed by atoms with Crippen LogP contribution in [0.4, 0.5) is 5.69 Å². The van der Waals surface area contributed by atoms with E-state index in [4.69, 9.17) is 5.73 Å². The summed E-state index contributed by atoms with van der Waals surface area (Å²) in [5.74, 6) is 0.00373. The topological polar surface area (TPSA) is 64.2 Å². The molecule has 2 rings (SSSR count). The van der Waals surface area contributed by atoms with Gasteiger partial charge < -0.3 is 10.6 Å². The Bertz CT molecular complexity index is 616. The minimum atomic E-state index is 0.00373. The Labute approximate surface area is 125 Å². The van der Waals surface area contributed by atoms with Gasteiger partial charge in [0.25, 0.3) is 5.91 Å². The molecule has 2 aromatic rings. The first-order chi connectivity index (χ1) is 10.0. The van der Waals surface area contributed by atoms with Crippen LogP contribution in [0.5, 0.6) is 0 Å². The van der Waals surface area contributed by atoms with E-state index >= 15 is 0 Å². The molecule has 1 heterocycles. The van der Waals surface area contributed by atoms with Crippen LogP contribution in [-0.2, 0) is 20.0 Å². The van der Waals surface area contributed by atoms with Crippen LogP contribution in [0.3, 0.4) is 0 Å². The predicted octanol–water partition coefficient (Wildman–Crippen LogP) is 2.23. The molecule has 0 aliphatic carbocycles. The van der Waals surface area contributed by atoms with Crippen molar-refractivity contribution >= 4 is 11.6 Å². The first kappa shape index (κ1) is 15.1. The molecular weight excluding hydrogens is 264 g/mol. The summed E-state index contributed by atoms with van der Waals surface area (Å²) in [4.78, 5) is 14.4. The number of benzene rings is 1. The van der Waals surface area contributed by atoms with Crippen LogP contribution in [0, 0.1) is 0 Å². The Morgan fingerprint density at radius 3 is 2.48 bits per heavy atom. The molecule has 0 bridgehead atoms. The van der Waals surface area contributed by atoms with Crippen molar-refractivity contribution in [2.24, 2.45) is 7.05 Å². The highest BCUT2D eigenvalue weighted by Gasteiger charge is 2.19. The molecule has 0 aliphatic heterocycles. The smallest absolute Gasteiger partial charge is 0.272 e. The van der Waals surface area contributed by atoms with Crippen LogP contribution >= 0.6 is 0 Å². The molecule has 0 fully saturated rings. The van der Waals surface area contributed by atoms with Crippen molar-refractivity contribution in [2.75, 3.05) is 12.3 Å². The summed E-state index contributed by atoms with van der Waals surface area (Å²) in [6.07, 6.45) is 0.825. The molecule has 1 aromatic heterocycles. The highest BCUT2D eigenvalue weighted by Crippen LogP contribution is 2.13. The zero-order chi connectivity index (χ0) is 15.4. The molecule has 21 heavy (non-hydrogen) atoms. The molecule has 112 valence electrons.